The van der Waals surface area contributed by atoms with Gasteiger partial charge in [0.05, 0.1) is 29.6 Å². The number of amides is 1. The molecule has 2 atom stereocenters. The zero-order valence-corrected chi connectivity index (χ0v) is 10.9. The summed E-state index contributed by atoms with van der Waals surface area (Å²) in [5.41, 5.74) is 6.30. The quantitative estimate of drug-likeness (QED) is 0.818. The summed E-state index contributed by atoms with van der Waals surface area (Å²) in [4.78, 5) is 15.9. The highest BCUT2D eigenvalue weighted by Gasteiger charge is 2.24. The van der Waals surface area contributed by atoms with Crippen molar-refractivity contribution in [3.8, 4) is 0 Å². The maximum atomic E-state index is 12.0. The van der Waals surface area contributed by atoms with Crippen LogP contribution < -0.4 is 11.1 Å². The van der Waals surface area contributed by atoms with Crippen molar-refractivity contribution in [3.63, 3.8) is 0 Å². The van der Waals surface area contributed by atoms with Crippen molar-refractivity contribution in [2.24, 2.45) is 0 Å². The Morgan fingerprint density at radius 2 is 2.50 bits per heavy atom. The normalized spacial score (nSPS) is 20.7. The zero-order valence-electron chi connectivity index (χ0n) is 10.1. The van der Waals surface area contributed by atoms with E-state index in [0.717, 1.165) is 19.4 Å². The number of rotatable bonds is 3. The molecule has 3 N–H and O–H groups in total. The number of carbonyl (C=O) groups is 1. The predicted molar refractivity (Wildman–Crippen MR) is 69.6 cm³/mol. The minimum atomic E-state index is -0.275. The van der Waals surface area contributed by atoms with Gasteiger partial charge in [0, 0.05) is 6.61 Å². The highest BCUT2D eigenvalue weighted by molar-refractivity contribution is 6.32. The molecule has 6 heteroatoms. The number of aromatic nitrogens is 1. The topological polar surface area (TPSA) is 77.2 Å². The van der Waals surface area contributed by atoms with Crippen LogP contribution >= 0.6 is 11.6 Å². The highest BCUT2D eigenvalue weighted by atomic mass is 35.5. The summed E-state index contributed by atoms with van der Waals surface area (Å²) in [6.45, 7) is 2.67. The van der Waals surface area contributed by atoms with Crippen molar-refractivity contribution >= 4 is 23.2 Å². The number of nitrogens with zero attached hydrogens (tertiary/aromatic N) is 1. The summed E-state index contributed by atoms with van der Waals surface area (Å²) in [5.74, 6) is -0.275. The fourth-order valence-corrected chi connectivity index (χ4v) is 2.19. The van der Waals surface area contributed by atoms with E-state index in [2.05, 4.69) is 10.3 Å². The minimum Gasteiger partial charge on any atom is -0.397 e. The third kappa shape index (κ3) is 2.91. The molecule has 98 valence electrons. The van der Waals surface area contributed by atoms with Crippen molar-refractivity contribution in [2.45, 2.75) is 31.9 Å². The molecule has 1 aromatic heterocycles. The number of carbonyl (C=O) groups excluding carboxylic acids is 1. The van der Waals surface area contributed by atoms with Gasteiger partial charge in [0.1, 0.15) is 5.15 Å². The van der Waals surface area contributed by atoms with Crippen LogP contribution in [0.2, 0.25) is 5.15 Å². The van der Waals surface area contributed by atoms with Crippen molar-refractivity contribution < 1.29 is 9.53 Å². The number of pyridine rings is 1. The standard InChI is InChI=1S/C12H16ClN3O2/c1-7(10-3-2-4-18-10)16-12(17)9-5-8(14)6-15-11(9)13/h5-7,10H,2-4,14H2,1H3,(H,16,17). The first kappa shape index (κ1) is 13.1. The molecule has 1 aliphatic heterocycles. The van der Waals surface area contributed by atoms with Gasteiger partial charge in [-0.05, 0) is 25.8 Å². The molecule has 0 radical (unpaired) electrons. The number of nitrogen functional groups attached to an aromatic ring is 1. The average molecular weight is 270 g/mol. The van der Waals surface area contributed by atoms with Gasteiger partial charge in [-0.25, -0.2) is 4.98 Å². The summed E-state index contributed by atoms with van der Waals surface area (Å²) < 4.78 is 5.52. The Balaban J connectivity index is 2.04. The largest absolute Gasteiger partial charge is 0.397 e. The Kier molecular flexibility index (Phi) is 4.04. The van der Waals surface area contributed by atoms with E-state index in [9.17, 15) is 4.79 Å². The van der Waals surface area contributed by atoms with Gasteiger partial charge in [-0.1, -0.05) is 11.6 Å². The molecular weight excluding hydrogens is 254 g/mol. The van der Waals surface area contributed by atoms with Crippen LogP contribution in [0.25, 0.3) is 0 Å². The minimum absolute atomic E-state index is 0.0579. The first-order valence-corrected chi connectivity index (χ1v) is 6.29. The summed E-state index contributed by atoms with van der Waals surface area (Å²) in [6, 6.07) is 1.46. The van der Waals surface area contributed by atoms with Crippen LogP contribution in [0.4, 0.5) is 5.69 Å². The van der Waals surface area contributed by atoms with Crippen molar-refractivity contribution in [2.75, 3.05) is 12.3 Å². The molecule has 1 fully saturated rings. The average Bonchev–Trinajstić information content (AvgIpc) is 2.85. The van der Waals surface area contributed by atoms with Crippen molar-refractivity contribution in [1.29, 1.82) is 0 Å². The van der Waals surface area contributed by atoms with E-state index in [0.29, 0.717) is 11.3 Å². The lowest BCUT2D eigenvalue weighted by atomic mass is 10.1. The van der Waals surface area contributed by atoms with E-state index in [1.165, 1.54) is 12.3 Å². The molecule has 2 heterocycles. The van der Waals surface area contributed by atoms with Crippen LogP contribution in [-0.4, -0.2) is 29.6 Å². The lowest BCUT2D eigenvalue weighted by Gasteiger charge is -2.20. The maximum absolute atomic E-state index is 12.0. The number of nitrogens with one attached hydrogen (secondary N) is 1. The fourth-order valence-electron chi connectivity index (χ4n) is 2.00. The molecule has 0 spiro atoms. The van der Waals surface area contributed by atoms with Crippen LogP contribution in [0.15, 0.2) is 12.3 Å². The van der Waals surface area contributed by atoms with Crippen molar-refractivity contribution in [1.82, 2.24) is 10.3 Å². The van der Waals surface area contributed by atoms with Gasteiger partial charge in [-0.2, -0.15) is 0 Å². The number of ether oxygens (including phenoxy) is 1. The van der Waals surface area contributed by atoms with Crippen LogP contribution in [0.3, 0.4) is 0 Å². The molecular formula is C12H16ClN3O2. The first-order valence-electron chi connectivity index (χ1n) is 5.91. The molecule has 1 aliphatic rings. The Morgan fingerprint density at radius 1 is 1.72 bits per heavy atom. The van der Waals surface area contributed by atoms with E-state index in [4.69, 9.17) is 22.1 Å². The van der Waals surface area contributed by atoms with Crippen LogP contribution in [0.5, 0.6) is 0 Å². The second-order valence-electron chi connectivity index (χ2n) is 4.42. The number of halogens is 1. The van der Waals surface area contributed by atoms with E-state index in [1.807, 2.05) is 6.92 Å². The molecule has 2 rings (SSSR count). The summed E-state index contributed by atoms with van der Waals surface area (Å²) in [7, 11) is 0. The molecule has 1 aromatic rings. The van der Waals surface area contributed by atoms with Crippen molar-refractivity contribution in [3.05, 3.63) is 23.0 Å². The number of anilines is 1. The van der Waals surface area contributed by atoms with Gasteiger partial charge in [0.15, 0.2) is 0 Å². The molecule has 18 heavy (non-hydrogen) atoms. The van der Waals surface area contributed by atoms with Gasteiger partial charge >= 0.3 is 0 Å². The van der Waals surface area contributed by atoms with E-state index in [-0.39, 0.29) is 23.2 Å². The predicted octanol–water partition coefficient (Wildman–Crippen LogP) is 1.61. The van der Waals surface area contributed by atoms with Crippen LogP contribution in [0, 0.1) is 0 Å². The lowest BCUT2D eigenvalue weighted by Crippen LogP contribution is -2.41. The smallest absolute Gasteiger partial charge is 0.254 e. The fraction of sp³-hybridized carbons (Fsp3) is 0.500. The number of nitrogens with two attached hydrogens (primary N) is 1. The summed E-state index contributed by atoms with van der Waals surface area (Å²) in [6.07, 6.45) is 3.49. The number of hydrogen-bond donors (Lipinski definition) is 2. The Bertz CT molecular complexity index is 447. The maximum Gasteiger partial charge on any atom is 0.254 e. The van der Waals surface area contributed by atoms with Gasteiger partial charge in [0.25, 0.3) is 5.91 Å². The Hall–Kier alpha value is -1.33. The summed E-state index contributed by atoms with van der Waals surface area (Å²) in [5, 5.41) is 3.02. The van der Waals surface area contributed by atoms with Gasteiger partial charge < -0.3 is 15.8 Å². The van der Waals surface area contributed by atoms with E-state index < -0.39 is 0 Å². The molecule has 0 saturated carbocycles. The zero-order chi connectivity index (χ0) is 13.1. The number of hydrogen-bond acceptors (Lipinski definition) is 4. The molecule has 0 bridgehead atoms. The second kappa shape index (κ2) is 5.54. The SMILES string of the molecule is CC(NC(=O)c1cc(N)cnc1Cl)C1CCCO1. The van der Waals surface area contributed by atoms with Gasteiger partial charge in [-0.3, -0.25) is 4.79 Å². The third-order valence-electron chi connectivity index (χ3n) is 2.99. The molecule has 1 amide bonds. The first-order chi connectivity index (χ1) is 8.58. The van der Waals surface area contributed by atoms with Crippen LogP contribution in [0.1, 0.15) is 30.1 Å². The van der Waals surface area contributed by atoms with Gasteiger partial charge in [0.2, 0.25) is 0 Å². The molecule has 5 nitrogen and oxygen atoms in total. The monoisotopic (exact) mass is 269 g/mol. The third-order valence-corrected chi connectivity index (χ3v) is 3.29. The molecule has 0 aromatic carbocycles. The van der Waals surface area contributed by atoms with E-state index in [1.54, 1.807) is 0 Å². The molecule has 1 saturated heterocycles. The Labute approximate surface area is 111 Å². The van der Waals surface area contributed by atoms with E-state index >= 15 is 0 Å². The lowest BCUT2D eigenvalue weighted by molar-refractivity contribution is 0.0712. The van der Waals surface area contributed by atoms with Crippen LogP contribution in [-0.2, 0) is 4.74 Å². The molecule has 2 unspecified atom stereocenters. The molecule has 0 aliphatic carbocycles. The highest BCUT2D eigenvalue weighted by Crippen LogP contribution is 2.18. The Morgan fingerprint density at radius 3 is 3.17 bits per heavy atom. The second-order valence-corrected chi connectivity index (χ2v) is 4.78. The van der Waals surface area contributed by atoms with Gasteiger partial charge in [-0.15, -0.1) is 0 Å². The summed E-state index contributed by atoms with van der Waals surface area (Å²) >= 11 is 5.88.